The first-order valence-electron chi connectivity index (χ1n) is 5.76. The van der Waals surface area contributed by atoms with Gasteiger partial charge >= 0.3 is 0 Å². The van der Waals surface area contributed by atoms with Crippen LogP contribution >= 0.6 is 11.8 Å². The van der Waals surface area contributed by atoms with Crippen molar-refractivity contribution in [3.8, 4) is 0 Å². The number of aromatic nitrogens is 3. The Bertz CT molecular complexity index is 583. The van der Waals surface area contributed by atoms with Gasteiger partial charge in [-0.1, -0.05) is 17.8 Å². The van der Waals surface area contributed by atoms with Crippen LogP contribution in [0, 0.1) is 6.92 Å². The van der Waals surface area contributed by atoms with Crippen molar-refractivity contribution in [2.75, 3.05) is 11.1 Å². The second-order valence-corrected chi connectivity index (χ2v) is 5.39. The molecule has 0 spiro atoms. The molecular weight excluding hydrogens is 262 g/mol. The molecule has 0 fully saturated rings. The molecule has 19 heavy (non-hydrogen) atoms. The minimum absolute atomic E-state index is 0.113. The zero-order valence-electron chi connectivity index (χ0n) is 10.7. The number of thioether (sulfide) groups is 1. The van der Waals surface area contributed by atoms with Gasteiger partial charge in [-0.05, 0) is 32.0 Å². The SMILES string of the molecule is Cc1nc(SC(C)C(=O)Nc2cccc(N)c2)n[nH]1. The summed E-state index contributed by atoms with van der Waals surface area (Å²) in [6, 6.07) is 7.07. The molecule has 1 heterocycles. The molecule has 6 nitrogen and oxygen atoms in total. The highest BCUT2D eigenvalue weighted by atomic mass is 32.2. The molecule has 7 heteroatoms. The van der Waals surface area contributed by atoms with E-state index in [-0.39, 0.29) is 11.2 Å². The zero-order chi connectivity index (χ0) is 13.8. The van der Waals surface area contributed by atoms with Gasteiger partial charge in [-0.25, -0.2) is 4.98 Å². The molecule has 4 N–H and O–H groups in total. The molecule has 0 aliphatic rings. The number of rotatable bonds is 4. The summed E-state index contributed by atoms with van der Waals surface area (Å²) < 4.78 is 0. The predicted molar refractivity (Wildman–Crippen MR) is 75.9 cm³/mol. The summed E-state index contributed by atoms with van der Waals surface area (Å²) in [5, 5.41) is 9.80. The number of carbonyl (C=O) groups excluding carboxylic acids is 1. The third-order valence-electron chi connectivity index (χ3n) is 2.38. The summed E-state index contributed by atoms with van der Waals surface area (Å²) in [4.78, 5) is 16.1. The van der Waals surface area contributed by atoms with E-state index in [1.165, 1.54) is 11.8 Å². The van der Waals surface area contributed by atoms with E-state index in [4.69, 9.17) is 5.73 Å². The second-order valence-electron chi connectivity index (χ2n) is 4.08. The van der Waals surface area contributed by atoms with Crippen molar-refractivity contribution in [3.05, 3.63) is 30.1 Å². The van der Waals surface area contributed by atoms with Gasteiger partial charge < -0.3 is 11.1 Å². The molecule has 0 saturated carbocycles. The standard InChI is InChI=1S/C12H15N5OS/c1-7(19-12-14-8(2)16-17-12)11(18)15-10-5-3-4-9(13)6-10/h3-7H,13H2,1-2H3,(H,15,18)(H,14,16,17). The maximum absolute atomic E-state index is 12.0. The van der Waals surface area contributed by atoms with E-state index in [9.17, 15) is 4.79 Å². The van der Waals surface area contributed by atoms with Crippen LogP contribution in [0.25, 0.3) is 0 Å². The van der Waals surface area contributed by atoms with Crippen LogP contribution in [0.5, 0.6) is 0 Å². The topological polar surface area (TPSA) is 96.7 Å². The smallest absolute Gasteiger partial charge is 0.237 e. The number of anilines is 2. The summed E-state index contributed by atoms with van der Waals surface area (Å²) in [5.41, 5.74) is 6.95. The summed E-state index contributed by atoms with van der Waals surface area (Å²) in [6.45, 7) is 3.62. The lowest BCUT2D eigenvalue weighted by molar-refractivity contribution is -0.115. The molecule has 1 amide bonds. The Morgan fingerprint density at radius 1 is 1.53 bits per heavy atom. The molecule has 2 aromatic rings. The van der Waals surface area contributed by atoms with Crippen LogP contribution in [0.3, 0.4) is 0 Å². The van der Waals surface area contributed by atoms with Gasteiger partial charge in [-0.15, -0.1) is 5.10 Å². The number of carbonyl (C=O) groups is 1. The zero-order valence-corrected chi connectivity index (χ0v) is 11.5. The highest BCUT2D eigenvalue weighted by Crippen LogP contribution is 2.21. The number of H-pyrrole nitrogens is 1. The summed E-state index contributed by atoms with van der Waals surface area (Å²) >= 11 is 1.30. The van der Waals surface area contributed by atoms with Crippen molar-refractivity contribution in [3.63, 3.8) is 0 Å². The van der Waals surface area contributed by atoms with Gasteiger partial charge in [0.05, 0.1) is 5.25 Å². The molecule has 100 valence electrons. The fraction of sp³-hybridized carbons (Fsp3) is 0.250. The molecule has 0 aliphatic carbocycles. The molecule has 1 aromatic carbocycles. The van der Waals surface area contributed by atoms with E-state index in [1.807, 2.05) is 6.92 Å². The van der Waals surface area contributed by atoms with Gasteiger partial charge in [0, 0.05) is 11.4 Å². The van der Waals surface area contributed by atoms with Gasteiger partial charge in [-0.2, -0.15) is 0 Å². The van der Waals surface area contributed by atoms with Crippen LogP contribution < -0.4 is 11.1 Å². The average molecular weight is 277 g/mol. The number of nitrogens with two attached hydrogens (primary N) is 1. The fourth-order valence-electron chi connectivity index (χ4n) is 1.45. The lowest BCUT2D eigenvalue weighted by Gasteiger charge is -2.10. The van der Waals surface area contributed by atoms with Crippen LogP contribution in [0.4, 0.5) is 11.4 Å². The number of amides is 1. The Morgan fingerprint density at radius 3 is 2.95 bits per heavy atom. The van der Waals surface area contributed by atoms with E-state index in [1.54, 1.807) is 31.2 Å². The van der Waals surface area contributed by atoms with E-state index in [2.05, 4.69) is 20.5 Å². The van der Waals surface area contributed by atoms with Gasteiger partial charge in [0.1, 0.15) is 5.82 Å². The van der Waals surface area contributed by atoms with Crippen molar-refractivity contribution in [1.29, 1.82) is 0 Å². The second kappa shape index (κ2) is 5.75. The quantitative estimate of drug-likeness (QED) is 0.585. The minimum atomic E-state index is -0.295. The Balaban J connectivity index is 1.96. The van der Waals surface area contributed by atoms with Crippen LogP contribution in [0.1, 0.15) is 12.7 Å². The third kappa shape index (κ3) is 3.72. The summed E-state index contributed by atoms with van der Waals surface area (Å²) in [6.07, 6.45) is 0. The first-order chi connectivity index (χ1) is 9.04. The summed E-state index contributed by atoms with van der Waals surface area (Å²) in [5.74, 6) is 0.615. The number of nitrogens with zero attached hydrogens (tertiary/aromatic N) is 2. The van der Waals surface area contributed by atoms with Gasteiger partial charge in [0.15, 0.2) is 0 Å². The van der Waals surface area contributed by atoms with E-state index in [0.29, 0.717) is 16.5 Å². The van der Waals surface area contributed by atoms with Gasteiger partial charge in [-0.3, -0.25) is 9.89 Å². The Kier molecular flexibility index (Phi) is 4.06. The molecule has 0 saturated heterocycles. The predicted octanol–water partition coefficient (Wildman–Crippen LogP) is 1.81. The van der Waals surface area contributed by atoms with E-state index in [0.717, 1.165) is 5.82 Å². The number of aromatic amines is 1. The number of aryl methyl sites for hydroxylation is 1. The first-order valence-corrected chi connectivity index (χ1v) is 6.64. The number of nitrogens with one attached hydrogen (secondary N) is 2. The highest BCUT2D eigenvalue weighted by Gasteiger charge is 2.16. The molecule has 1 aromatic heterocycles. The maximum atomic E-state index is 12.0. The Morgan fingerprint density at radius 2 is 2.32 bits per heavy atom. The largest absolute Gasteiger partial charge is 0.399 e. The number of nitrogen functional groups attached to an aromatic ring is 1. The normalized spacial score (nSPS) is 12.1. The number of hydrogen-bond donors (Lipinski definition) is 3. The fourth-order valence-corrected chi connectivity index (χ4v) is 2.22. The first kappa shape index (κ1) is 13.4. The van der Waals surface area contributed by atoms with Crippen LogP contribution in [-0.4, -0.2) is 26.3 Å². The van der Waals surface area contributed by atoms with E-state index >= 15 is 0 Å². The molecule has 0 aliphatic heterocycles. The minimum Gasteiger partial charge on any atom is -0.399 e. The molecular formula is C12H15N5OS. The summed E-state index contributed by atoms with van der Waals surface area (Å²) in [7, 11) is 0. The molecule has 1 unspecified atom stereocenters. The van der Waals surface area contributed by atoms with Gasteiger partial charge in [0.25, 0.3) is 0 Å². The van der Waals surface area contributed by atoms with Crippen LogP contribution in [0.15, 0.2) is 29.4 Å². The lowest BCUT2D eigenvalue weighted by Crippen LogP contribution is -2.22. The van der Waals surface area contributed by atoms with Crippen molar-refractivity contribution in [2.24, 2.45) is 0 Å². The third-order valence-corrected chi connectivity index (χ3v) is 3.34. The average Bonchev–Trinajstić information content (AvgIpc) is 2.74. The Labute approximate surface area is 115 Å². The van der Waals surface area contributed by atoms with Crippen LogP contribution in [-0.2, 0) is 4.79 Å². The number of hydrogen-bond acceptors (Lipinski definition) is 5. The molecule has 0 radical (unpaired) electrons. The van der Waals surface area contributed by atoms with Crippen molar-refractivity contribution < 1.29 is 4.79 Å². The van der Waals surface area contributed by atoms with Crippen molar-refractivity contribution in [2.45, 2.75) is 24.3 Å². The van der Waals surface area contributed by atoms with Gasteiger partial charge in [0.2, 0.25) is 11.1 Å². The Hall–Kier alpha value is -2.02. The monoisotopic (exact) mass is 277 g/mol. The molecule has 0 bridgehead atoms. The van der Waals surface area contributed by atoms with Crippen LogP contribution in [0.2, 0.25) is 0 Å². The number of benzene rings is 1. The molecule has 2 rings (SSSR count). The van der Waals surface area contributed by atoms with Crippen molar-refractivity contribution in [1.82, 2.24) is 15.2 Å². The molecule has 1 atom stereocenters. The lowest BCUT2D eigenvalue weighted by atomic mass is 10.3. The van der Waals surface area contributed by atoms with Crippen molar-refractivity contribution >= 4 is 29.0 Å². The van der Waals surface area contributed by atoms with E-state index < -0.39 is 0 Å². The highest BCUT2D eigenvalue weighted by molar-refractivity contribution is 8.00. The maximum Gasteiger partial charge on any atom is 0.237 e.